The molecular weight excluding hydrogens is 252 g/mol. The fraction of sp³-hybridized carbons (Fsp3) is 0.125. The van der Waals surface area contributed by atoms with E-state index in [0.717, 1.165) is 11.1 Å². The minimum Gasteiger partial charge on any atom is -0.476 e. The van der Waals surface area contributed by atoms with Crippen molar-refractivity contribution in [1.82, 2.24) is 9.38 Å². The van der Waals surface area contributed by atoms with Gasteiger partial charge in [-0.15, -0.1) is 0 Å². The SMILES string of the molecule is Cc1ccc(-c2nc(C(=O)O)c3ccccn23)c(C)c1. The van der Waals surface area contributed by atoms with Crippen molar-refractivity contribution in [2.75, 3.05) is 0 Å². The van der Waals surface area contributed by atoms with E-state index in [1.165, 1.54) is 5.56 Å². The van der Waals surface area contributed by atoms with Crippen LogP contribution in [-0.4, -0.2) is 20.5 Å². The molecular formula is C16H14N2O2. The van der Waals surface area contributed by atoms with Crippen LogP contribution in [0.25, 0.3) is 16.9 Å². The lowest BCUT2D eigenvalue weighted by atomic mass is 10.1. The van der Waals surface area contributed by atoms with Crippen molar-refractivity contribution in [2.45, 2.75) is 13.8 Å². The van der Waals surface area contributed by atoms with Crippen molar-refractivity contribution in [3.05, 3.63) is 59.4 Å². The molecule has 0 spiro atoms. The predicted molar refractivity (Wildman–Crippen MR) is 77.1 cm³/mol. The van der Waals surface area contributed by atoms with E-state index in [9.17, 15) is 9.90 Å². The van der Waals surface area contributed by atoms with E-state index < -0.39 is 5.97 Å². The lowest BCUT2D eigenvalue weighted by Crippen LogP contribution is -1.97. The summed E-state index contributed by atoms with van der Waals surface area (Å²) < 4.78 is 1.82. The maximum Gasteiger partial charge on any atom is 0.356 e. The molecule has 0 saturated carbocycles. The van der Waals surface area contributed by atoms with Crippen LogP contribution in [0, 0.1) is 13.8 Å². The number of carboxylic acids is 1. The van der Waals surface area contributed by atoms with Crippen molar-refractivity contribution in [3.63, 3.8) is 0 Å². The number of nitrogens with zero attached hydrogens (tertiary/aromatic N) is 2. The number of carboxylic acid groups (broad SMARTS) is 1. The number of fused-ring (bicyclic) bond motifs is 1. The van der Waals surface area contributed by atoms with Crippen LogP contribution in [0.4, 0.5) is 0 Å². The van der Waals surface area contributed by atoms with Gasteiger partial charge in [0.1, 0.15) is 5.82 Å². The summed E-state index contributed by atoms with van der Waals surface area (Å²) in [6.45, 7) is 4.04. The predicted octanol–water partition coefficient (Wildman–Crippen LogP) is 3.32. The number of benzene rings is 1. The number of aromatic nitrogens is 2. The Kier molecular flexibility index (Phi) is 2.79. The van der Waals surface area contributed by atoms with Crippen molar-refractivity contribution in [1.29, 1.82) is 0 Å². The van der Waals surface area contributed by atoms with E-state index in [1.54, 1.807) is 6.07 Å². The highest BCUT2D eigenvalue weighted by atomic mass is 16.4. The van der Waals surface area contributed by atoms with Gasteiger partial charge < -0.3 is 5.11 Å². The van der Waals surface area contributed by atoms with Gasteiger partial charge in [0.2, 0.25) is 0 Å². The van der Waals surface area contributed by atoms with E-state index in [0.29, 0.717) is 11.3 Å². The summed E-state index contributed by atoms with van der Waals surface area (Å²) in [5, 5.41) is 9.28. The zero-order chi connectivity index (χ0) is 14.3. The summed E-state index contributed by atoms with van der Waals surface area (Å²) in [5.74, 6) is -0.347. The van der Waals surface area contributed by atoms with E-state index in [2.05, 4.69) is 11.1 Å². The Balaban J connectivity index is 2.34. The number of rotatable bonds is 2. The van der Waals surface area contributed by atoms with Crippen LogP contribution in [0.15, 0.2) is 42.6 Å². The average Bonchev–Trinajstić information content (AvgIpc) is 2.78. The second-order valence-corrected chi connectivity index (χ2v) is 4.86. The molecule has 3 rings (SSSR count). The van der Waals surface area contributed by atoms with E-state index in [4.69, 9.17) is 0 Å². The minimum atomic E-state index is -1.01. The third-order valence-corrected chi connectivity index (χ3v) is 3.37. The molecule has 0 fully saturated rings. The second-order valence-electron chi connectivity index (χ2n) is 4.86. The van der Waals surface area contributed by atoms with Crippen LogP contribution >= 0.6 is 0 Å². The topological polar surface area (TPSA) is 54.6 Å². The van der Waals surface area contributed by atoms with Crippen molar-refractivity contribution >= 4 is 11.5 Å². The van der Waals surface area contributed by atoms with Crippen LogP contribution in [0.3, 0.4) is 0 Å². The summed E-state index contributed by atoms with van der Waals surface area (Å²) >= 11 is 0. The summed E-state index contributed by atoms with van der Waals surface area (Å²) in [7, 11) is 0. The number of hydrogen-bond acceptors (Lipinski definition) is 2. The first-order valence-electron chi connectivity index (χ1n) is 6.36. The van der Waals surface area contributed by atoms with Gasteiger partial charge in [-0.1, -0.05) is 29.8 Å². The Morgan fingerprint density at radius 3 is 2.70 bits per heavy atom. The molecule has 100 valence electrons. The summed E-state index contributed by atoms with van der Waals surface area (Å²) in [6.07, 6.45) is 1.84. The molecule has 1 N–H and O–H groups in total. The molecule has 2 aromatic heterocycles. The molecule has 0 amide bonds. The Labute approximate surface area is 116 Å². The Morgan fingerprint density at radius 2 is 2.00 bits per heavy atom. The first-order chi connectivity index (χ1) is 9.58. The van der Waals surface area contributed by atoms with Crippen molar-refractivity contribution in [3.8, 4) is 11.4 Å². The van der Waals surface area contributed by atoms with Gasteiger partial charge in [-0.05, 0) is 31.5 Å². The van der Waals surface area contributed by atoms with Crippen LogP contribution in [0.1, 0.15) is 21.6 Å². The highest BCUT2D eigenvalue weighted by molar-refractivity contribution is 5.95. The van der Waals surface area contributed by atoms with Gasteiger partial charge in [0.25, 0.3) is 0 Å². The molecule has 0 saturated heterocycles. The lowest BCUT2D eigenvalue weighted by molar-refractivity contribution is 0.0693. The van der Waals surface area contributed by atoms with Crippen LogP contribution in [-0.2, 0) is 0 Å². The minimum absolute atomic E-state index is 0.0839. The molecule has 0 unspecified atom stereocenters. The molecule has 0 aliphatic rings. The highest BCUT2D eigenvalue weighted by Gasteiger charge is 2.18. The fourth-order valence-electron chi connectivity index (χ4n) is 2.45. The number of pyridine rings is 1. The molecule has 4 nitrogen and oxygen atoms in total. The number of aromatic carboxylic acids is 1. The second kappa shape index (κ2) is 4.49. The van der Waals surface area contributed by atoms with Crippen molar-refractivity contribution < 1.29 is 9.90 Å². The number of imidazole rings is 1. The fourth-order valence-corrected chi connectivity index (χ4v) is 2.45. The van der Waals surface area contributed by atoms with Crippen molar-refractivity contribution in [2.24, 2.45) is 0 Å². The maximum absolute atomic E-state index is 11.3. The average molecular weight is 266 g/mol. The Bertz CT molecular complexity index is 818. The van der Waals surface area contributed by atoms with E-state index in [-0.39, 0.29) is 5.69 Å². The van der Waals surface area contributed by atoms with Crippen LogP contribution in [0.5, 0.6) is 0 Å². The number of carbonyl (C=O) groups is 1. The molecule has 0 atom stereocenters. The summed E-state index contributed by atoms with van der Waals surface area (Å²) in [4.78, 5) is 15.6. The lowest BCUT2D eigenvalue weighted by Gasteiger charge is -2.06. The smallest absolute Gasteiger partial charge is 0.356 e. The molecule has 0 aliphatic heterocycles. The van der Waals surface area contributed by atoms with Gasteiger partial charge in [-0.3, -0.25) is 4.40 Å². The molecule has 2 heterocycles. The summed E-state index contributed by atoms with van der Waals surface area (Å²) in [6, 6.07) is 11.5. The first kappa shape index (κ1) is 12.4. The maximum atomic E-state index is 11.3. The van der Waals surface area contributed by atoms with Crippen LogP contribution < -0.4 is 0 Å². The highest BCUT2D eigenvalue weighted by Crippen LogP contribution is 2.26. The van der Waals surface area contributed by atoms with E-state index >= 15 is 0 Å². The quantitative estimate of drug-likeness (QED) is 0.774. The molecule has 3 aromatic rings. The molecule has 0 aliphatic carbocycles. The Morgan fingerprint density at radius 1 is 1.20 bits per heavy atom. The van der Waals surface area contributed by atoms with Gasteiger partial charge in [0.15, 0.2) is 5.69 Å². The van der Waals surface area contributed by atoms with Gasteiger partial charge in [-0.25, -0.2) is 9.78 Å². The monoisotopic (exact) mass is 266 g/mol. The normalized spacial score (nSPS) is 10.9. The van der Waals surface area contributed by atoms with E-state index in [1.807, 2.05) is 48.7 Å². The van der Waals surface area contributed by atoms with Crippen LogP contribution in [0.2, 0.25) is 0 Å². The third-order valence-electron chi connectivity index (χ3n) is 3.37. The van der Waals surface area contributed by atoms with Gasteiger partial charge in [-0.2, -0.15) is 0 Å². The largest absolute Gasteiger partial charge is 0.476 e. The molecule has 4 heteroatoms. The van der Waals surface area contributed by atoms with Gasteiger partial charge in [0, 0.05) is 11.8 Å². The number of hydrogen-bond donors (Lipinski definition) is 1. The standard InChI is InChI=1S/C16H14N2O2/c1-10-6-7-12(11(2)9-10)15-17-14(16(19)20)13-5-3-4-8-18(13)15/h3-9H,1-2H3,(H,19,20). The zero-order valence-electron chi connectivity index (χ0n) is 11.3. The Hall–Kier alpha value is -2.62. The van der Waals surface area contributed by atoms with Gasteiger partial charge >= 0.3 is 5.97 Å². The number of aryl methyl sites for hydroxylation is 2. The third kappa shape index (κ3) is 1.86. The molecule has 0 bridgehead atoms. The zero-order valence-corrected chi connectivity index (χ0v) is 11.3. The molecule has 0 radical (unpaired) electrons. The van der Waals surface area contributed by atoms with Gasteiger partial charge in [0.05, 0.1) is 5.52 Å². The summed E-state index contributed by atoms with van der Waals surface area (Å²) in [5.41, 5.74) is 3.89. The first-order valence-corrected chi connectivity index (χ1v) is 6.36. The molecule has 1 aromatic carbocycles. The molecule has 20 heavy (non-hydrogen) atoms.